The molecular formula is C5H7BrN2O2. The first kappa shape index (κ1) is 7.71. The van der Waals surface area contributed by atoms with Crippen molar-refractivity contribution in [1.82, 2.24) is 5.16 Å². The number of aliphatic hydroxyl groups is 1. The number of aromatic nitrogens is 1. The van der Waals surface area contributed by atoms with Crippen molar-refractivity contribution < 1.29 is 9.63 Å². The molecule has 4 nitrogen and oxygen atoms in total. The molecule has 0 spiro atoms. The van der Waals surface area contributed by atoms with E-state index in [1.807, 2.05) is 0 Å². The van der Waals surface area contributed by atoms with Crippen LogP contribution in [0.25, 0.3) is 0 Å². The molecule has 0 aliphatic rings. The molecule has 0 aliphatic heterocycles. The standard InChI is InChI=1S/C5H7BrN2O2/c6-5-1-4(10-8-5)3(9)2-7/h1,3,9H,2,7H2/t3-/m0/s1. The predicted octanol–water partition coefficient (Wildman–Crippen LogP) is 0.429. The first-order valence-corrected chi connectivity index (χ1v) is 3.53. The lowest BCUT2D eigenvalue weighted by Crippen LogP contribution is -2.10. The molecule has 0 radical (unpaired) electrons. The van der Waals surface area contributed by atoms with Gasteiger partial charge in [0, 0.05) is 12.6 Å². The summed E-state index contributed by atoms with van der Waals surface area (Å²) in [5, 5.41) is 12.6. The summed E-state index contributed by atoms with van der Waals surface area (Å²) in [6.45, 7) is 0.141. The highest BCUT2D eigenvalue weighted by molar-refractivity contribution is 9.10. The van der Waals surface area contributed by atoms with Gasteiger partial charge in [-0.25, -0.2) is 0 Å². The Hall–Kier alpha value is -0.390. The van der Waals surface area contributed by atoms with Gasteiger partial charge in [-0.05, 0) is 15.9 Å². The Kier molecular flexibility index (Phi) is 2.42. The lowest BCUT2D eigenvalue weighted by atomic mass is 10.3. The quantitative estimate of drug-likeness (QED) is 0.737. The van der Waals surface area contributed by atoms with Crippen LogP contribution in [-0.2, 0) is 0 Å². The van der Waals surface area contributed by atoms with Gasteiger partial charge < -0.3 is 15.4 Å². The average molecular weight is 207 g/mol. The zero-order valence-corrected chi connectivity index (χ0v) is 6.71. The Bertz CT molecular complexity index is 213. The lowest BCUT2D eigenvalue weighted by molar-refractivity contribution is 0.147. The second kappa shape index (κ2) is 3.14. The van der Waals surface area contributed by atoms with Gasteiger partial charge in [-0.3, -0.25) is 0 Å². The van der Waals surface area contributed by atoms with Crippen molar-refractivity contribution in [2.45, 2.75) is 6.10 Å². The number of nitrogens with two attached hydrogens (primary N) is 1. The zero-order chi connectivity index (χ0) is 7.56. The van der Waals surface area contributed by atoms with Crippen molar-refractivity contribution >= 4 is 15.9 Å². The third-order valence-electron chi connectivity index (χ3n) is 1.05. The zero-order valence-electron chi connectivity index (χ0n) is 5.12. The highest BCUT2D eigenvalue weighted by Gasteiger charge is 2.10. The van der Waals surface area contributed by atoms with E-state index in [9.17, 15) is 0 Å². The number of halogens is 1. The first-order valence-electron chi connectivity index (χ1n) is 2.74. The van der Waals surface area contributed by atoms with Crippen molar-refractivity contribution in [2.24, 2.45) is 5.73 Å². The van der Waals surface area contributed by atoms with E-state index in [1.165, 1.54) is 0 Å². The first-order chi connectivity index (χ1) is 4.74. The summed E-state index contributed by atoms with van der Waals surface area (Å²) in [4.78, 5) is 0. The van der Waals surface area contributed by atoms with Gasteiger partial charge in [0.15, 0.2) is 5.76 Å². The molecule has 1 heterocycles. The van der Waals surface area contributed by atoms with Crippen LogP contribution in [0.15, 0.2) is 15.2 Å². The van der Waals surface area contributed by atoms with Gasteiger partial charge in [0.25, 0.3) is 0 Å². The third-order valence-corrected chi connectivity index (χ3v) is 1.43. The molecule has 0 fully saturated rings. The van der Waals surface area contributed by atoms with Crippen molar-refractivity contribution in [3.63, 3.8) is 0 Å². The maximum absolute atomic E-state index is 9.06. The summed E-state index contributed by atoms with van der Waals surface area (Å²) in [7, 11) is 0. The largest absolute Gasteiger partial charge is 0.384 e. The van der Waals surface area contributed by atoms with Crippen molar-refractivity contribution in [3.05, 3.63) is 16.4 Å². The average Bonchev–Trinajstić information content (AvgIpc) is 2.34. The van der Waals surface area contributed by atoms with E-state index < -0.39 is 6.10 Å². The summed E-state index contributed by atoms with van der Waals surface area (Å²) < 4.78 is 5.25. The molecule has 0 saturated heterocycles. The minimum atomic E-state index is -0.751. The second-order valence-electron chi connectivity index (χ2n) is 1.80. The number of aliphatic hydroxyl groups excluding tert-OH is 1. The van der Waals surface area contributed by atoms with Gasteiger partial charge in [-0.1, -0.05) is 5.16 Å². The molecule has 0 amide bonds. The maximum atomic E-state index is 9.06. The molecular weight excluding hydrogens is 200 g/mol. The fourth-order valence-electron chi connectivity index (χ4n) is 0.540. The molecule has 56 valence electrons. The van der Waals surface area contributed by atoms with Gasteiger partial charge in [0.2, 0.25) is 0 Å². The van der Waals surface area contributed by atoms with Gasteiger partial charge >= 0.3 is 0 Å². The lowest BCUT2D eigenvalue weighted by Gasteiger charge is -1.98. The monoisotopic (exact) mass is 206 g/mol. The van der Waals surface area contributed by atoms with Crippen molar-refractivity contribution in [3.8, 4) is 0 Å². The normalized spacial score (nSPS) is 13.5. The Morgan fingerprint density at radius 1 is 1.90 bits per heavy atom. The Morgan fingerprint density at radius 2 is 2.60 bits per heavy atom. The summed E-state index contributed by atoms with van der Waals surface area (Å²) >= 11 is 3.07. The van der Waals surface area contributed by atoms with Crippen LogP contribution in [0, 0.1) is 0 Å². The SMILES string of the molecule is NC[C@H](O)c1cc(Br)no1. The molecule has 0 bridgehead atoms. The number of hydrogen-bond donors (Lipinski definition) is 2. The minimum absolute atomic E-state index is 0.141. The molecule has 3 N–H and O–H groups in total. The summed E-state index contributed by atoms with van der Waals surface area (Å²) in [6.07, 6.45) is -0.751. The van der Waals surface area contributed by atoms with Crippen molar-refractivity contribution in [2.75, 3.05) is 6.54 Å². The highest BCUT2D eigenvalue weighted by atomic mass is 79.9. The fraction of sp³-hybridized carbons (Fsp3) is 0.400. The number of nitrogens with zero attached hydrogens (tertiary/aromatic N) is 1. The molecule has 0 saturated carbocycles. The van der Waals surface area contributed by atoms with E-state index in [1.54, 1.807) is 6.07 Å². The maximum Gasteiger partial charge on any atom is 0.167 e. The van der Waals surface area contributed by atoms with E-state index in [-0.39, 0.29) is 6.54 Å². The van der Waals surface area contributed by atoms with Gasteiger partial charge in [0.05, 0.1) is 0 Å². The Balaban J connectivity index is 2.74. The van der Waals surface area contributed by atoms with Crippen LogP contribution >= 0.6 is 15.9 Å². The second-order valence-corrected chi connectivity index (χ2v) is 2.62. The van der Waals surface area contributed by atoms with Crippen LogP contribution in [0.4, 0.5) is 0 Å². The Labute approximate surface area is 66.1 Å². The highest BCUT2D eigenvalue weighted by Crippen LogP contribution is 2.15. The van der Waals surface area contributed by atoms with Crippen LogP contribution in [0.1, 0.15) is 11.9 Å². The Morgan fingerprint density at radius 3 is 3.00 bits per heavy atom. The summed E-state index contributed by atoms with van der Waals surface area (Å²) in [6, 6.07) is 1.58. The van der Waals surface area contributed by atoms with E-state index >= 15 is 0 Å². The van der Waals surface area contributed by atoms with E-state index in [4.69, 9.17) is 15.4 Å². The summed E-state index contributed by atoms with van der Waals surface area (Å²) in [5.74, 6) is 0.384. The fourth-order valence-corrected chi connectivity index (χ4v) is 0.838. The van der Waals surface area contributed by atoms with Crippen LogP contribution < -0.4 is 5.73 Å². The van der Waals surface area contributed by atoms with E-state index in [0.29, 0.717) is 10.4 Å². The molecule has 0 aliphatic carbocycles. The van der Waals surface area contributed by atoms with Gasteiger partial charge in [-0.15, -0.1) is 0 Å². The third kappa shape index (κ3) is 1.56. The van der Waals surface area contributed by atoms with Crippen LogP contribution in [-0.4, -0.2) is 16.8 Å². The van der Waals surface area contributed by atoms with E-state index in [0.717, 1.165) is 0 Å². The molecule has 0 aromatic carbocycles. The van der Waals surface area contributed by atoms with E-state index in [2.05, 4.69) is 21.1 Å². The summed E-state index contributed by atoms with van der Waals surface area (Å²) in [5.41, 5.74) is 5.16. The van der Waals surface area contributed by atoms with Crippen LogP contribution in [0.3, 0.4) is 0 Å². The predicted molar refractivity (Wildman–Crippen MR) is 38.2 cm³/mol. The molecule has 1 aromatic heterocycles. The molecule has 1 aromatic rings. The van der Waals surface area contributed by atoms with Gasteiger partial charge in [0.1, 0.15) is 10.7 Å². The number of rotatable bonds is 2. The molecule has 1 atom stereocenters. The van der Waals surface area contributed by atoms with Crippen LogP contribution in [0.2, 0.25) is 0 Å². The van der Waals surface area contributed by atoms with Crippen molar-refractivity contribution in [1.29, 1.82) is 0 Å². The number of hydrogen-bond acceptors (Lipinski definition) is 4. The topological polar surface area (TPSA) is 72.3 Å². The van der Waals surface area contributed by atoms with Gasteiger partial charge in [-0.2, -0.15) is 0 Å². The van der Waals surface area contributed by atoms with Crippen LogP contribution in [0.5, 0.6) is 0 Å². The molecule has 1 rings (SSSR count). The molecule has 10 heavy (non-hydrogen) atoms. The minimum Gasteiger partial charge on any atom is -0.384 e. The molecule has 5 heteroatoms. The smallest absolute Gasteiger partial charge is 0.167 e. The molecule has 0 unspecified atom stereocenters.